The van der Waals surface area contributed by atoms with Gasteiger partial charge in [-0.1, -0.05) is 0 Å². The molecular weight excluding hydrogens is 236 g/mol. The van der Waals surface area contributed by atoms with Gasteiger partial charge in [-0.05, 0) is 40.9 Å². The number of nitrogens with one attached hydrogen (secondary N) is 1. The minimum Gasteiger partial charge on any atom is -0.375 e. The summed E-state index contributed by atoms with van der Waals surface area (Å²) in [4.78, 5) is 0. The smallest absolute Gasteiger partial charge is 0.0895 e. The molecule has 0 aromatic carbocycles. The summed E-state index contributed by atoms with van der Waals surface area (Å²) in [6.45, 7) is 0.903. The fourth-order valence-electron chi connectivity index (χ4n) is 1.01. The van der Waals surface area contributed by atoms with Gasteiger partial charge in [-0.15, -0.1) is 11.3 Å². The van der Waals surface area contributed by atoms with Crippen molar-refractivity contribution in [3.05, 3.63) is 15.9 Å². The van der Waals surface area contributed by atoms with E-state index in [9.17, 15) is 0 Å². The molecule has 66 valence electrons. The second-order valence-corrected chi connectivity index (χ2v) is 5.78. The predicted octanol–water partition coefficient (Wildman–Crippen LogP) is 2.41. The quantitative estimate of drug-likeness (QED) is 0.860. The molecule has 0 aliphatic heterocycles. The lowest BCUT2D eigenvalue weighted by Crippen LogP contribution is -2.30. The van der Waals surface area contributed by atoms with Gasteiger partial charge in [0, 0.05) is 12.1 Å². The molecule has 1 fully saturated rings. The van der Waals surface area contributed by atoms with E-state index in [0.717, 1.165) is 23.2 Å². The van der Waals surface area contributed by atoms with Gasteiger partial charge in [0.2, 0.25) is 0 Å². The first-order valence-corrected chi connectivity index (χ1v) is 5.57. The maximum absolute atomic E-state index is 5.93. The average molecular weight is 247 g/mol. The number of nitrogens with two attached hydrogens (primary N) is 1. The van der Waals surface area contributed by atoms with Crippen LogP contribution in [-0.4, -0.2) is 12.1 Å². The highest BCUT2D eigenvalue weighted by atomic mass is 79.9. The normalized spacial score (nSPS) is 19.2. The Morgan fingerprint density at radius 1 is 1.58 bits per heavy atom. The van der Waals surface area contributed by atoms with Gasteiger partial charge in [-0.25, -0.2) is 0 Å². The molecule has 12 heavy (non-hydrogen) atoms. The first-order chi connectivity index (χ1) is 5.68. The van der Waals surface area contributed by atoms with E-state index in [1.54, 1.807) is 11.3 Å². The Bertz CT molecular complexity index is 280. The summed E-state index contributed by atoms with van der Waals surface area (Å²) < 4.78 is 1.16. The number of hydrogen-bond acceptors (Lipinski definition) is 3. The van der Waals surface area contributed by atoms with Gasteiger partial charge in [0.1, 0.15) is 0 Å². The molecule has 2 nitrogen and oxygen atoms in total. The number of halogens is 1. The zero-order chi connectivity index (χ0) is 8.60. The van der Waals surface area contributed by atoms with E-state index in [1.165, 1.54) is 5.00 Å². The zero-order valence-electron chi connectivity index (χ0n) is 6.64. The Kier molecular flexibility index (Phi) is 2.14. The molecule has 0 spiro atoms. The molecule has 0 bridgehead atoms. The third kappa shape index (κ3) is 2.00. The Morgan fingerprint density at radius 3 is 2.83 bits per heavy atom. The molecule has 1 aliphatic rings. The van der Waals surface area contributed by atoms with Crippen LogP contribution in [0.3, 0.4) is 0 Å². The van der Waals surface area contributed by atoms with Crippen molar-refractivity contribution in [1.29, 1.82) is 0 Å². The van der Waals surface area contributed by atoms with Crippen LogP contribution in [0.5, 0.6) is 0 Å². The first-order valence-electron chi connectivity index (χ1n) is 3.96. The summed E-state index contributed by atoms with van der Waals surface area (Å²) in [6.07, 6.45) is 2.32. The summed E-state index contributed by atoms with van der Waals surface area (Å²) in [5.74, 6) is 0. The summed E-state index contributed by atoms with van der Waals surface area (Å²) in [7, 11) is 0. The topological polar surface area (TPSA) is 38.0 Å². The number of thiophene rings is 1. The second-order valence-electron chi connectivity index (χ2n) is 3.32. The van der Waals surface area contributed by atoms with Crippen LogP contribution in [0.2, 0.25) is 0 Å². The average Bonchev–Trinajstić information content (AvgIpc) is 2.60. The minimum absolute atomic E-state index is 0.0937. The predicted molar refractivity (Wildman–Crippen MR) is 56.7 cm³/mol. The van der Waals surface area contributed by atoms with E-state index in [-0.39, 0.29) is 5.54 Å². The van der Waals surface area contributed by atoms with Gasteiger partial charge in [0.05, 0.1) is 8.79 Å². The molecule has 1 aromatic heterocycles. The van der Waals surface area contributed by atoms with E-state index < -0.39 is 0 Å². The van der Waals surface area contributed by atoms with Crippen molar-refractivity contribution in [2.45, 2.75) is 18.4 Å². The van der Waals surface area contributed by atoms with Crippen molar-refractivity contribution in [2.75, 3.05) is 11.9 Å². The molecule has 3 N–H and O–H groups in total. The molecule has 0 radical (unpaired) electrons. The Labute approximate surface area is 84.3 Å². The molecule has 0 unspecified atom stereocenters. The third-order valence-electron chi connectivity index (χ3n) is 2.08. The second kappa shape index (κ2) is 3.01. The van der Waals surface area contributed by atoms with Crippen molar-refractivity contribution in [1.82, 2.24) is 0 Å². The summed E-state index contributed by atoms with van der Waals surface area (Å²) in [5, 5.41) is 4.52. The van der Waals surface area contributed by atoms with Gasteiger partial charge in [0.25, 0.3) is 0 Å². The summed E-state index contributed by atoms with van der Waals surface area (Å²) in [5.41, 5.74) is 6.03. The zero-order valence-corrected chi connectivity index (χ0v) is 9.04. The molecule has 1 aliphatic carbocycles. The Balaban J connectivity index is 1.87. The van der Waals surface area contributed by atoms with E-state index in [4.69, 9.17) is 5.73 Å². The standard InChI is InChI=1S/C8H11BrN2S/c9-6-1-2-7(12-6)11-5-8(10)3-4-8/h1-2,11H,3-5,10H2. The van der Waals surface area contributed by atoms with Crippen LogP contribution in [0.1, 0.15) is 12.8 Å². The van der Waals surface area contributed by atoms with Crippen molar-refractivity contribution < 1.29 is 0 Å². The fraction of sp³-hybridized carbons (Fsp3) is 0.500. The van der Waals surface area contributed by atoms with E-state index in [2.05, 4.69) is 27.3 Å². The van der Waals surface area contributed by atoms with Crippen LogP contribution in [0.4, 0.5) is 5.00 Å². The number of hydrogen-bond donors (Lipinski definition) is 2. The van der Waals surface area contributed by atoms with Crippen LogP contribution in [-0.2, 0) is 0 Å². The summed E-state index contributed by atoms with van der Waals surface area (Å²) >= 11 is 5.12. The maximum Gasteiger partial charge on any atom is 0.0895 e. The molecule has 0 amide bonds. The van der Waals surface area contributed by atoms with E-state index >= 15 is 0 Å². The minimum atomic E-state index is 0.0937. The number of rotatable bonds is 3. The molecule has 0 saturated heterocycles. The maximum atomic E-state index is 5.93. The van der Waals surface area contributed by atoms with Crippen molar-refractivity contribution in [3.63, 3.8) is 0 Å². The lowest BCUT2D eigenvalue weighted by atomic mass is 10.3. The Hall–Kier alpha value is -0.0600. The molecule has 1 saturated carbocycles. The lowest BCUT2D eigenvalue weighted by Gasteiger charge is -2.08. The molecule has 1 aromatic rings. The highest BCUT2D eigenvalue weighted by Crippen LogP contribution is 2.33. The van der Waals surface area contributed by atoms with Crippen LogP contribution in [0.15, 0.2) is 15.9 Å². The van der Waals surface area contributed by atoms with Crippen molar-refractivity contribution in [3.8, 4) is 0 Å². The fourth-order valence-corrected chi connectivity index (χ4v) is 2.29. The molecular formula is C8H11BrN2S. The largest absolute Gasteiger partial charge is 0.375 e. The molecule has 0 atom stereocenters. The molecule has 4 heteroatoms. The van der Waals surface area contributed by atoms with Crippen LogP contribution in [0.25, 0.3) is 0 Å². The van der Waals surface area contributed by atoms with E-state index in [0.29, 0.717) is 0 Å². The number of anilines is 1. The summed E-state index contributed by atoms with van der Waals surface area (Å²) in [6, 6.07) is 4.11. The molecule has 1 heterocycles. The molecule has 2 rings (SSSR count). The van der Waals surface area contributed by atoms with Gasteiger partial charge >= 0.3 is 0 Å². The third-order valence-corrected chi connectivity index (χ3v) is 3.66. The van der Waals surface area contributed by atoms with Crippen LogP contribution >= 0.6 is 27.3 Å². The van der Waals surface area contributed by atoms with E-state index in [1.807, 2.05) is 6.07 Å². The Morgan fingerprint density at radius 2 is 2.33 bits per heavy atom. The van der Waals surface area contributed by atoms with Crippen LogP contribution in [0, 0.1) is 0 Å². The van der Waals surface area contributed by atoms with Crippen LogP contribution < -0.4 is 11.1 Å². The van der Waals surface area contributed by atoms with Gasteiger partial charge in [-0.2, -0.15) is 0 Å². The van der Waals surface area contributed by atoms with Gasteiger partial charge in [-0.3, -0.25) is 0 Å². The SMILES string of the molecule is NC1(CNc2ccc(Br)s2)CC1. The van der Waals surface area contributed by atoms with Crippen molar-refractivity contribution in [2.24, 2.45) is 5.73 Å². The first kappa shape index (κ1) is 8.53. The monoisotopic (exact) mass is 246 g/mol. The van der Waals surface area contributed by atoms with Gasteiger partial charge < -0.3 is 11.1 Å². The highest BCUT2D eigenvalue weighted by molar-refractivity contribution is 9.11. The lowest BCUT2D eigenvalue weighted by molar-refractivity contribution is 0.715. The van der Waals surface area contributed by atoms with Gasteiger partial charge in [0.15, 0.2) is 0 Å². The van der Waals surface area contributed by atoms with Crippen molar-refractivity contribution >= 4 is 32.3 Å². The highest BCUT2D eigenvalue weighted by Gasteiger charge is 2.37.